The number of rotatable bonds is 5. The number of anilines is 2. The maximum atomic E-state index is 12.8. The molecule has 0 saturated carbocycles. The summed E-state index contributed by atoms with van der Waals surface area (Å²) in [4.78, 5) is 27.9. The third-order valence-electron chi connectivity index (χ3n) is 4.56. The lowest BCUT2D eigenvalue weighted by atomic mass is 10.0. The summed E-state index contributed by atoms with van der Waals surface area (Å²) in [6.07, 6.45) is -0.691. The van der Waals surface area contributed by atoms with E-state index in [-0.39, 0.29) is 5.91 Å². The van der Waals surface area contributed by atoms with Crippen molar-refractivity contribution < 1.29 is 14.3 Å². The van der Waals surface area contributed by atoms with Gasteiger partial charge in [-0.15, -0.1) is 0 Å². The second-order valence-corrected chi connectivity index (χ2v) is 10.3. The Labute approximate surface area is 193 Å². The van der Waals surface area contributed by atoms with E-state index < -0.39 is 11.6 Å². The van der Waals surface area contributed by atoms with Crippen molar-refractivity contribution in [2.45, 2.75) is 26.3 Å². The van der Waals surface area contributed by atoms with Gasteiger partial charge in [0.1, 0.15) is 5.54 Å². The third-order valence-corrected chi connectivity index (χ3v) is 6.43. The molecule has 0 unspecified atom stereocenters. The first-order valence-corrected chi connectivity index (χ1v) is 11.4. The number of ether oxygens (including phenoxy) is 1. The van der Waals surface area contributed by atoms with Crippen LogP contribution in [0, 0.1) is 6.92 Å². The van der Waals surface area contributed by atoms with Gasteiger partial charge in [-0.2, -0.15) is 0 Å². The van der Waals surface area contributed by atoms with Crippen LogP contribution in [0.4, 0.5) is 16.2 Å². The zero-order valence-electron chi connectivity index (χ0n) is 16.9. The quantitative estimate of drug-likeness (QED) is 0.526. The standard InChI is InChI=1S/C20H23BrN4O3S2/c1-12-10-13(4-5-14(12)25-9-8-22-11-16(25)29)23-18(26)20(2,3)24-19(27)28-17-7-6-15(21)30-17/h4-7,10,22H,8-9,11H2,1-3H3,(H,23,26)(H,24,27). The molecule has 160 valence electrons. The molecule has 3 rings (SSSR count). The molecule has 1 fully saturated rings. The number of benzene rings is 1. The summed E-state index contributed by atoms with van der Waals surface area (Å²) in [5, 5.41) is 9.15. The molecule has 1 aromatic heterocycles. The zero-order valence-corrected chi connectivity index (χ0v) is 20.1. The van der Waals surface area contributed by atoms with Crippen LogP contribution in [0.2, 0.25) is 0 Å². The maximum Gasteiger partial charge on any atom is 0.414 e. The molecule has 7 nitrogen and oxygen atoms in total. The Morgan fingerprint density at radius 3 is 2.70 bits per heavy atom. The first-order chi connectivity index (χ1) is 14.2. The molecular formula is C20H23BrN4O3S2. The highest BCUT2D eigenvalue weighted by Crippen LogP contribution is 2.29. The van der Waals surface area contributed by atoms with Crippen LogP contribution in [0.15, 0.2) is 34.1 Å². The van der Waals surface area contributed by atoms with E-state index in [4.69, 9.17) is 17.0 Å². The molecule has 3 N–H and O–H groups in total. The highest BCUT2D eigenvalue weighted by atomic mass is 79.9. The summed E-state index contributed by atoms with van der Waals surface area (Å²) in [6, 6.07) is 9.14. The van der Waals surface area contributed by atoms with Gasteiger partial charge in [0, 0.05) is 31.0 Å². The van der Waals surface area contributed by atoms with Crippen molar-refractivity contribution in [3.8, 4) is 5.06 Å². The lowest BCUT2D eigenvalue weighted by Gasteiger charge is -2.31. The number of aryl methyl sites for hydroxylation is 1. The molecule has 10 heteroatoms. The fourth-order valence-corrected chi connectivity index (χ4v) is 4.45. The number of hydrogen-bond donors (Lipinski definition) is 3. The van der Waals surface area contributed by atoms with Crippen molar-refractivity contribution >= 4 is 67.8 Å². The van der Waals surface area contributed by atoms with E-state index in [2.05, 4.69) is 36.8 Å². The smallest absolute Gasteiger partial charge is 0.399 e. The highest BCUT2D eigenvalue weighted by Gasteiger charge is 2.31. The molecule has 30 heavy (non-hydrogen) atoms. The van der Waals surface area contributed by atoms with Gasteiger partial charge in [0.05, 0.1) is 8.77 Å². The summed E-state index contributed by atoms with van der Waals surface area (Å²) >= 11 is 10.0. The van der Waals surface area contributed by atoms with E-state index in [0.717, 1.165) is 33.1 Å². The van der Waals surface area contributed by atoms with E-state index in [1.807, 2.05) is 25.1 Å². The number of nitrogens with zero attached hydrogens (tertiary/aromatic N) is 1. The van der Waals surface area contributed by atoms with Crippen LogP contribution in [0.25, 0.3) is 0 Å². The van der Waals surface area contributed by atoms with Gasteiger partial charge in [0.25, 0.3) is 0 Å². The molecule has 2 aromatic rings. The first kappa shape index (κ1) is 22.7. The third kappa shape index (κ3) is 5.57. The number of thiocarbonyl (C=S) groups is 1. The van der Waals surface area contributed by atoms with Crippen molar-refractivity contribution in [2.24, 2.45) is 0 Å². The second kappa shape index (κ2) is 9.42. The molecule has 2 heterocycles. The van der Waals surface area contributed by atoms with Crippen molar-refractivity contribution in [3.05, 3.63) is 39.7 Å². The molecule has 0 atom stereocenters. The monoisotopic (exact) mass is 510 g/mol. The van der Waals surface area contributed by atoms with Crippen LogP contribution in [0.1, 0.15) is 19.4 Å². The SMILES string of the molecule is Cc1cc(NC(=O)C(C)(C)NC(=O)Oc2ccc(Br)s2)ccc1N1CCNCC1=S. The van der Waals surface area contributed by atoms with Crippen LogP contribution in [0.5, 0.6) is 5.06 Å². The van der Waals surface area contributed by atoms with Crippen LogP contribution < -0.4 is 25.6 Å². The topological polar surface area (TPSA) is 82.7 Å². The molecule has 1 aliphatic heterocycles. The van der Waals surface area contributed by atoms with Gasteiger partial charge in [-0.25, -0.2) is 4.79 Å². The van der Waals surface area contributed by atoms with Gasteiger partial charge < -0.3 is 25.6 Å². The fraction of sp³-hybridized carbons (Fsp3) is 0.350. The Morgan fingerprint density at radius 1 is 1.30 bits per heavy atom. The van der Waals surface area contributed by atoms with Crippen LogP contribution in [0.3, 0.4) is 0 Å². The van der Waals surface area contributed by atoms with Crippen molar-refractivity contribution in [3.63, 3.8) is 0 Å². The van der Waals surface area contributed by atoms with Crippen LogP contribution in [-0.4, -0.2) is 42.2 Å². The summed E-state index contributed by atoms with van der Waals surface area (Å²) in [7, 11) is 0. The van der Waals surface area contributed by atoms with Gasteiger partial charge in [-0.05, 0) is 72.6 Å². The molecule has 1 aromatic carbocycles. The molecule has 2 amide bonds. The lowest BCUT2D eigenvalue weighted by molar-refractivity contribution is -0.121. The predicted molar refractivity (Wildman–Crippen MR) is 128 cm³/mol. The predicted octanol–water partition coefficient (Wildman–Crippen LogP) is 4.06. The summed E-state index contributed by atoms with van der Waals surface area (Å²) in [5.41, 5.74) is 1.51. The summed E-state index contributed by atoms with van der Waals surface area (Å²) in [6.45, 7) is 7.59. The number of piperazine rings is 1. The average Bonchev–Trinajstić information content (AvgIpc) is 3.06. The summed E-state index contributed by atoms with van der Waals surface area (Å²) in [5.74, 6) is -0.350. The first-order valence-electron chi connectivity index (χ1n) is 9.34. The Balaban J connectivity index is 1.63. The Hall–Kier alpha value is -2.01. The number of hydrogen-bond acceptors (Lipinski definition) is 6. The molecule has 1 saturated heterocycles. The largest absolute Gasteiger partial charge is 0.414 e. The minimum absolute atomic E-state index is 0.350. The normalized spacial score (nSPS) is 14.4. The van der Waals surface area contributed by atoms with Gasteiger partial charge in [0.15, 0.2) is 5.06 Å². The Bertz CT molecular complexity index is 977. The zero-order chi connectivity index (χ0) is 21.9. The van der Waals surface area contributed by atoms with Crippen molar-refractivity contribution in [1.29, 1.82) is 0 Å². The van der Waals surface area contributed by atoms with E-state index in [0.29, 0.717) is 17.3 Å². The van der Waals surface area contributed by atoms with Crippen molar-refractivity contribution in [1.82, 2.24) is 10.6 Å². The van der Waals surface area contributed by atoms with Gasteiger partial charge in [-0.1, -0.05) is 23.6 Å². The van der Waals surface area contributed by atoms with Gasteiger partial charge in [0.2, 0.25) is 5.91 Å². The number of thiophene rings is 1. The van der Waals surface area contributed by atoms with E-state index in [9.17, 15) is 9.59 Å². The molecule has 0 spiro atoms. The van der Waals surface area contributed by atoms with Crippen LogP contribution in [-0.2, 0) is 4.79 Å². The number of halogens is 1. The fourth-order valence-electron chi connectivity index (χ4n) is 2.97. The van der Waals surface area contributed by atoms with Gasteiger partial charge in [-0.3, -0.25) is 4.79 Å². The number of carbonyl (C=O) groups excluding carboxylic acids is 2. The number of carbonyl (C=O) groups is 2. The van der Waals surface area contributed by atoms with Crippen molar-refractivity contribution in [2.75, 3.05) is 29.9 Å². The van der Waals surface area contributed by atoms with E-state index in [1.54, 1.807) is 26.0 Å². The average molecular weight is 511 g/mol. The Kier molecular flexibility index (Phi) is 7.12. The maximum absolute atomic E-state index is 12.8. The van der Waals surface area contributed by atoms with E-state index in [1.165, 1.54) is 11.3 Å². The molecule has 0 radical (unpaired) electrons. The highest BCUT2D eigenvalue weighted by molar-refractivity contribution is 9.11. The van der Waals surface area contributed by atoms with Gasteiger partial charge >= 0.3 is 6.09 Å². The molecule has 0 bridgehead atoms. The number of nitrogens with one attached hydrogen (secondary N) is 3. The Morgan fingerprint density at radius 2 is 2.07 bits per heavy atom. The second-order valence-electron chi connectivity index (χ2n) is 7.38. The molecule has 1 aliphatic rings. The van der Waals surface area contributed by atoms with E-state index >= 15 is 0 Å². The van der Waals surface area contributed by atoms with Crippen LogP contribution >= 0.6 is 39.5 Å². The minimum atomic E-state index is -1.17. The summed E-state index contributed by atoms with van der Waals surface area (Å²) < 4.78 is 6.07. The number of amides is 2. The molecular weight excluding hydrogens is 488 g/mol. The minimum Gasteiger partial charge on any atom is -0.399 e. The molecule has 0 aliphatic carbocycles. The lowest BCUT2D eigenvalue weighted by Crippen LogP contribution is -2.53.